The van der Waals surface area contributed by atoms with Gasteiger partial charge in [0.05, 0.1) is 25.2 Å². The van der Waals surface area contributed by atoms with Crippen LogP contribution in [-0.2, 0) is 20.7 Å². The summed E-state index contributed by atoms with van der Waals surface area (Å²) in [5, 5.41) is 19.8. The molecule has 1 amide bonds. The lowest BCUT2D eigenvalue weighted by Crippen LogP contribution is -2.45. The van der Waals surface area contributed by atoms with Crippen LogP contribution in [0.15, 0.2) is 18.2 Å². The first kappa shape index (κ1) is 27.9. The van der Waals surface area contributed by atoms with Gasteiger partial charge in [-0.1, -0.05) is 25.5 Å². The highest BCUT2D eigenvalue weighted by Gasteiger charge is 2.47. The number of carbonyl (C=O) groups is 2. The third-order valence-electron chi connectivity index (χ3n) is 8.29. The van der Waals surface area contributed by atoms with Gasteiger partial charge in [0, 0.05) is 51.2 Å². The van der Waals surface area contributed by atoms with Crippen molar-refractivity contribution in [2.24, 2.45) is 5.92 Å². The van der Waals surface area contributed by atoms with E-state index in [1.54, 1.807) is 0 Å². The zero-order valence-corrected chi connectivity index (χ0v) is 22.3. The second-order valence-electron chi connectivity index (χ2n) is 10.8. The molecule has 2 saturated heterocycles. The maximum absolute atomic E-state index is 13.4. The molecule has 2 fully saturated rings. The van der Waals surface area contributed by atoms with Gasteiger partial charge in [-0.25, -0.2) is 0 Å². The molecule has 206 valence electrons. The quantitative estimate of drug-likeness (QED) is 0.414. The maximum Gasteiger partial charge on any atom is 0.308 e. The van der Waals surface area contributed by atoms with E-state index in [1.807, 2.05) is 17.0 Å². The summed E-state index contributed by atoms with van der Waals surface area (Å²) in [6.07, 6.45) is 8.23. The smallest absolute Gasteiger partial charge is 0.308 e. The topological polar surface area (TPSA) is 99.5 Å². The van der Waals surface area contributed by atoms with Gasteiger partial charge < -0.3 is 24.6 Å². The van der Waals surface area contributed by atoms with E-state index in [2.05, 4.69) is 17.9 Å². The van der Waals surface area contributed by atoms with E-state index in [4.69, 9.17) is 9.47 Å². The van der Waals surface area contributed by atoms with Crippen LogP contribution in [-0.4, -0.2) is 90.0 Å². The number of aliphatic hydroxyl groups is 1. The van der Waals surface area contributed by atoms with Crippen LogP contribution in [0, 0.1) is 5.92 Å². The van der Waals surface area contributed by atoms with Crippen LogP contribution in [0.25, 0.3) is 0 Å². The molecular formula is C29H44N2O6. The minimum Gasteiger partial charge on any atom is -0.493 e. The minimum atomic E-state index is -0.797. The van der Waals surface area contributed by atoms with Crippen LogP contribution in [0.1, 0.15) is 75.3 Å². The van der Waals surface area contributed by atoms with Gasteiger partial charge in [0.2, 0.25) is 5.91 Å². The summed E-state index contributed by atoms with van der Waals surface area (Å²) in [6.45, 7) is 5.53. The molecule has 0 radical (unpaired) electrons. The van der Waals surface area contributed by atoms with Gasteiger partial charge in [-0.2, -0.15) is 0 Å². The van der Waals surface area contributed by atoms with Gasteiger partial charge in [0.25, 0.3) is 0 Å². The van der Waals surface area contributed by atoms with Gasteiger partial charge in [0.1, 0.15) is 5.75 Å². The van der Waals surface area contributed by atoms with Crippen molar-refractivity contribution in [3.8, 4) is 5.75 Å². The number of fused-ring (bicyclic) bond motifs is 1. The van der Waals surface area contributed by atoms with Crippen LogP contribution in [0.5, 0.6) is 5.75 Å². The molecule has 0 saturated carbocycles. The Balaban J connectivity index is 1.55. The zero-order valence-electron chi connectivity index (χ0n) is 22.3. The minimum absolute atomic E-state index is 0.0213. The van der Waals surface area contributed by atoms with Crippen molar-refractivity contribution in [3.63, 3.8) is 0 Å². The predicted molar refractivity (Wildman–Crippen MR) is 141 cm³/mol. The number of carboxylic acids is 1. The number of aliphatic carboxylic acids is 1. The van der Waals surface area contributed by atoms with E-state index < -0.39 is 11.9 Å². The van der Waals surface area contributed by atoms with E-state index in [0.29, 0.717) is 39.1 Å². The average molecular weight is 517 g/mol. The van der Waals surface area contributed by atoms with Crippen molar-refractivity contribution in [1.82, 2.24) is 9.80 Å². The summed E-state index contributed by atoms with van der Waals surface area (Å²) in [5.41, 5.74) is 2.16. The fraction of sp³-hybridized carbons (Fsp3) is 0.724. The monoisotopic (exact) mass is 516 g/mol. The normalized spacial score (nSPS) is 25.6. The summed E-state index contributed by atoms with van der Waals surface area (Å²) in [4.78, 5) is 30.1. The number of carbonyl (C=O) groups excluding carboxylic acids is 1. The zero-order chi connectivity index (χ0) is 26.2. The molecule has 1 aromatic rings. The van der Waals surface area contributed by atoms with Crippen molar-refractivity contribution in [2.75, 3.05) is 46.0 Å². The summed E-state index contributed by atoms with van der Waals surface area (Å²) in [5.74, 6) is -0.655. The van der Waals surface area contributed by atoms with Crippen LogP contribution in [0.2, 0.25) is 0 Å². The number of likely N-dealkylation sites (tertiary alicyclic amines) is 1. The molecule has 0 bridgehead atoms. The molecule has 4 atom stereocenters. The molecule has 2 N–H and O–H groups in total. The maximum atomic E-state index is 13.4. The van der Waals surface area contributed by atoms with Crippen molar-refractivity contribution >= 4 is 11.9 Å². The Labute approximate surface area is 220 Å². The standard InChI is InChI=1S/C29H44N2O6/c1-2-3-13-30(14-6-15-32)27(33)20-31-19-24(21-8-11-26-22(18-21)12-17-37-26)28(29(34)35)25(31)10-9-23-7-4-5-16-36-23/h8,11,18,23-25,28,32H,2-7,9-10,12-17,19-20H2,1H3,(H,34,35). The largest absolute Gasteiger partial charge is 0.493 e. The van der Waals surface area contributed by atoms with E-state index >= 15 is 0 Å². The van der Waals surface area contributed by atoms with Crippen LogP contribution >= 0.6 is 0 Å². The SMILES string of the molecule is CCCCN(CCCO)C(=O)CN1CC(c2ccc3c(c2)CCO3)C(C(=O)O)C1CCC1CCCCO1. The molecule has 0 spiro atoms. The van der Waals surface area contributed by atoms with Crippen molar-refractivity contribution in [3.05, 3.63) is 29.3 Å². The van der Waals surface area contributed by atoms with Crippen LogP contribution in [0.4, 0.5) is 0 Å². The van der Waals surface area contributed by atoms with Crippen LogP contribution < -0.4 is 4.74 Å². The van der Waals surface area contributed by atoms with Gasteiger partial charge in [-0.05, 0) is 62.1 Å². The lowest BCUT2D eigenvalue weighted by Gasteiger charge is -2.31. The summed E-state index contributed by atoms with van der Waals surface area (Å²) >= 11 is 0. The van der Waals surface area contributed by atoms with Gasteiger partial charge in [0.15, 0.2) is 0 Å². The number of amides is 1. The van der Waals surface area contributed by atoms with E-state index in [1.165, 1.54) is 0 Å². The van der Waals surface area contributed by atoms with Crippen molar-refractivity contribution in [1.29, 1.82) is 0 Å². The highest BCUT2D eigenvalue weighted by atomic mass is 16.5. The first-order valence-corrected chi connectivity index (χ1v) is 14.2. The molecule has 0 aliphatic carbocycles. The van der Waals surface area contributed by atoms with Crippen LogP contribution in [0.3, 0.4) is 0 Å². The predicted octanol–water partition coefficient (Wildman–Crippen LogP) is 3.45. The number of hydrogen-bond acceptors (Lipinski definition) is 6. The lowest BCUT2D eigenvalue weighted by atomic mass is 9.82. The summed E-state index contributed by atoms with van der Waals surface area (Å²) in [7, 11) is 0. The number of carboxylic acid groups (broad SMARTS) is 1. The number of nitrogens with zero attached hydrogens (tertiary/aromatic N) is 2. The molecule has 4 rings (SSSR count). The molecule has 1 aromatic carbocycles. The Bertz CT molecular complexity index is 894. The Morgan fingerprint density at radius 1 is 1.14 bits per heavy atom. The number of aliphatic hydroxyl groups excluding tert-OH is 1. The van der Waals surface area contributed by atoms with Gasteiger partial charge in [-0.3, -0.25) is 14.5 Å². The number of unbranched alkanes of at least 4 members (excludes halogenated alkanes) is 1. The Kier molecular flexibility index (Phi) is 10.2. The number of hydrogen-bond donors (Lipinski definition) is 2. The van der Waals surface area contributed by atoms with Crippen molar-refractivity contribution < 1.29 is 29.3 Å². The molecule has 3 aliphatic rings. The Morgan fingerprint density at radius 2 is 1.97 bits per heavy atom. The molecule has 37 heavy (non-hydrogen) atoms. The summed E-state index contributed by atoms with van der Waals surface area (Å²) in [6, 6.07) is 5.86. The first-order chi connectivity index (χ1) is 18.0. The fourth-order valence-corrected chi connectivity index (χ4v) is 6.26. The third-order valence-corrected chi connectivity index (χ3v) is 8.29. The molecular weight excluding hydrogens is 472 g/mol. The fourth-order valence-electron chi connectivity index (χ4n) is 6.26. The highest BCUT2D eigenvalue weighted by Crippen LogP contribution is 2.41. The Morgan fingerprint density at radius 3 is 2.70 bits per heavy atom. The number of rotatable bonds is 13. The van der Waals surface area contributed by atoms with Gasteiger partial charge >= 0.3 is 5.97 Å². The highest BCUT2D eigenvalue weighted by molar-refractivity contribution is 5.79. The number of ether oxygens (including phenoxy) is 2. The average Bonchev–Trinajstić information content (AvgIpc) is 3.52. The third kappa shape index (κ3) is 7.03. The molecule has 8 heteroatoms. The van der Waals surface area contributed by atoms with E-state index in [0.717, 1.165) is 68.4 Å². The number of benzene rings is 1. The molecule has 0 aromatic heterocycles. The second-order valence-corrected chi connectivity index (χ2v) is 10.8. The first-order valence-electron chi connectivity index (χ1n) is 14.2. The molecule has 4 unspecified atom stereocenters. The second kappa shape index (κ2) is 13.6. The van der Waals surface area contributed by atoms with Gasteiger partial charge in [-0.15, -0.1) is 0 Å². The molecule has 3 aliphatic heterocycles. The Hall–Kier alpha value is -2.16. The van der Waals surface area contributed by atoms with Crippen molar-refractivity contribution in [2.45, 2.75) is 82.8 Å². The molecule has 3 heterocycles. The van der Waals surface area contributed by atoms with E-state index in [9.17, 15) is 19.8 Å². The van der Waals surface area contributed by atoms with E-state index in [-0.39, 0.29) is 37.1 Å². The summed E-state index contributed by atoms with van der Waals surface area (Å²) < 4.78 is 11.6. The lowest BCUT2D eigenvalue weighted by molar-refractivity contribution is -0.144. The molecule has 8 nitrogen and oxygen atoms in total.